The lowest BCUT2D eigenvalue weighted by atomic mass is 10.1. The van der Waals surface area contributed by atoms with E-state index in [1.54, 1.807) is 20.1 Å². The van der Waals surface area contributed by atoms with Gasteiger partial charge < -0.3 is 14.8 Å². The number of aryl methyl sites for hydroxylation is 1. The molecule has 0 aliphatic carbocycles. The minimum Gasteiger partial charge on any atom is -0.497 e. The summed E-state index contributed by atoms with van der Waals surface area (Å²) >= 11 is 6.24. The Balaban J connectivity index is 2.17. The van der Waals surface area contributed by atoms with Gasteiger partial charge in [-0.25, -0.2) is 4.79 Å². The van der Waals surface area contributed by atoms with Crippen LogP contribution in [-0.4, -0.2) is 24.7 Å². The van der Waals surface area contributed by atoms with E-state index in [0.717, 1.165) is 27.9 Å². The molecule has 1 heterocycles. The lowest BCUT2D eigenvalue weighted by Crippen LogP contribution is -2.09. The molecule has 6 heteroatoms. The molecular weight excluding hydrogens is 352 g/mol. The monoisotopic (exact) mass is 370 g/mol. The molecule has 1 N–H and O–H groups in total. The fourth-order valence-electron chi connectivity index (χ4n) is 2.75. The summed E-state index contributed by atoms with van der Waals surface area (Å²) in [6, 6.07) is 11.1. The van der Waals surface area contributed by atoms with E-state index < -0.39 is 5.97 Å². The van der Waals surface area contributed by atoms with Crippen molar-refractivity contribution in [3.63, 3.8) is 0 Å². The second kappa shape index (κ2) is 7.62. The van der Waals surface area contributed by atoms with E-state index in [1.165, 1.54) is 6.20 Å². The topological polar surface area (TPSA) is 60.5 Å². The van der Waals surface area contributed by atoms with Gasteiger partial charge in [-0.2, -0.15) is 0 Å². The number of pyridine rings is 1. The molecule has 0 radical (unpaired) electrons. The van der Waals surface area contributed by atoms with E-state index >= 15 is 0 Å². The van der Waals surface area contributed by atoms with Crippen LogP contribution in [-0.2, 0) is 4.74 Å². The Bertz CT molecular complexity index is 955. The molecule has 134 valence electrons. The molecule has 1 aromatic heterocycles. The van der Waals surface area contributed by atoms with Crippen LogP contribution in [0.4, 0.5) is 11.4 Å². The Morgan fingerprint density at radius 2 is 1.96 bits per heavy atom. The Kier molecular flexibility index (Phi) is 5.28. The Morgan fingerprint density at radius 3 is 2.62 bits per heavy atom. The summed E-state index contributed by atoms with van der Waals surface area (Å²) in [5.74, 6) is 0.315. The number of esters is 1. The highest BCUT2D eigenvalue weighted by molar-refractivity contribution is 6.31. The number of rotatable bonds is 5. The fraction of sp³-hybridized carbons (Fsp3) is 0.200. The van der Waals surface area contributed by atoms with Gasteiger partial charge in [0.05, 0.1) is 24.9 Å². The number of carbonyl (C=O) groups excluding carboxylic acids is 1. The van der Waals surface area contributed by atoms with Gasteiger partial charge in [0, 0.05) is 22.3 Å². The molecule has 0 aliphatic heterocycles. The molecule has 0 fully saturated rings. The van der Waals surface area contributed by atoms with Gasteiger partial charge in [-0.3, -0.25) is 4.98 Å². The van der Waals surface area contributed by atoms with Crippen LogP contribution in [0, 0.1) is 6.92 Å². The number of halogens is 1. The van der Waals surface area contributed by atoms with Crippen molar-refractivity contribution in [1.29, 1.82) is 0 Å². The quantitative estimate of drug-likeness (QED) is 0.631. The van der Waals surface area contributed by atoms with Gasteiger partial charge in [-0.05, 0) is 55.8 Å². The van der Waals surface area contributed by atoms with Crippen molar-refractivity contribution in [3.8, 4) is 5.75 Å². The lowest BCUT2D eigenvalue weighted by molar-refractivity contribution is 0.0527. The number of carbonyl (C=O) groups is 1. The molecule has 0 bridgehead atoms. The molecule has 26 heavy (non-hydrogen) atoms. The van der Waals surface area contributed by atoms with Crippen LogP contribution in [0.5, 0.6) is 5.75 Å². The van der Waals surface area contributed by atoms with Crippen LogP contribution < -0.4 is 10.1 Å². The van der Waals surface area contributed by atoms with Crippen molar-refractivity contribution in [3.05, 3.63) is 58.7 Å². The summed E-state index contributed by atoms with van der Waals surface area (Å²) in [6.45, 7) is 3.99. The Hall–Kier alpha value is -2.79. The van der Waals surface area contributed by atoms with Crippen molar-refractivity contribution in [2.45, 2.75) is 13.8 Å². The van der Waals surface area contributed by atoms with Gasteiger partial charge in [0.25, 0.3) is 0 Å². The van der Waals surface area contributed by atoms with Crippen molar-refractivity contribution >= 4 is 39.8 Å². The molecule has 0 saturated carbocycles. The molecular formula is C20H19ClN2O3. The summed E-state index contributed by atoms with van der Waals surface area (Å²) in [4.78, 5) is 16.8. The first-order chi connectivity index (χ1) is 12.5. The number of nitrogens with one attached hydrogen (secondary N) is 1. The van der Waals surface area contributed by atoms with Crippen LogP contribution in [0.3, 0.4) is 0 Å². The highest BCUT2D eigenvalue weighted by Crippen LogP contribution is 2.33. The SMILES string of the molecule is CCOC(=O)c1cnc2c(C)cc(Cl)cc2c1Nc1ccc(OC)cc1. The zero-order valence-electron chi connectivity index (χ0n) is 14.8. The molecule has 5 nitrogen and oxygen atoms in total. The summed E-state index contributed by atoms with van der Waals surface area (Å²) < 4.78 is 10.4. The van der Waals surface area contributed by atoms with Gasteiger partial charge in [0.2, 0.25) is 0 Å². The normalized spacial score (nSPS) is 10.6. The minimum atomic E-state index is -0.435. The summed E-state index contributed by atoms with van der Waals surface area (Å²) in [6.07, 6.45) is 1.53. The highest BCUT2D eigenvalue weighted by Gasteiger charge is 2.18. The number of aromatic nitrogens is 1. The third-order valence-corrected chi connectivity index (χ3v) is 4.20. The first kappa shape index (κ1) is 18.0. The van der Waals surface area contributed by atoms with Crippen molar-refractivity contribution < 1.29 is 14.3 Å². The van der Waals surface area contributed by atoms with Crippen molar-refractivity contribution in [1.82, 2.24) is 4.98 Å². The van der Waals surface area contributed by atoms with E-state index in [2.05, 4.69) is 10.3 Å². The fourth-order valence-corrected chi connectivity index (χ4v) is 3.03. The smallest absolute Gasteiger partial charge is 0.341 e. The molecule has 0 amide bonds. The minimum absolute atomic E-state index is 0.285. The standard InChI is InChI=1S/C20H19ClN2O3/c1-4-26-20(24)17-11-22-18-12(2)9-13(21)10-16(18)19(17)23-14-5-7-15(25-3)8-6-14/h5-11H,4H2,1-3H3,(H,22,23). The third-order valence-electron chi connectivity index (χ3n) is 3.98. The largest absolute Gasteiger partial charge is 0.497 e. The number of methoxy groups -OCH3 is 1. The Morgan fingerprint density at radius 1 is 1.23 bits per heavy atom. The van der Waals surface area contributed by atoms with Crippen LogP contribution in [0.2, 0.25) is 5.02 Å². The maximum atomic E-state index is 12.4. The second-order valence-electron chi connectivity index (χ2n) is 5.74. The van der Waals surface area contributed by atoms with Crippen molar-refractivity contribution in [2.75, 3.05) is 19.0 Å². The number of ether oxygens (including phenoxy) is 2. The number of fused-ring (bicyclic) bond motifs is 1. The van der Waals surface area contributed by atoms with E-state index in [0.29, 0.717) is 16.3 Å². The molecule has 0 unspecified atom stereocenters. The first-order valence-electron chi connectivity index (χ1n) is 8.20. The summed E-state index contributed by atoms with van der Waals surface area (Å²) in [5.41, 5.74) is 3.49. The van der Waals surface area contributed by atoms with Crippen LogP contribution in [0.25, 0.3) is 10.9 Å². The maximum Gasteiger partial charge on any atom is 0.341 e. The molecule has 0 saturated heterocycles. The van der Waals surface area contributed by atoms with Crippen molar-refractivity contribution in [2.24, 2.45) is 0 Å². The third kappa shape index (κ3) is 3.58. The highest BCUT2D eigenvalue weighted by atomic mass is 35.5. The summed E-state index contributed by atoms with van der Waals surface area (Å²) in [7, 11) is 1.61. The van der Waals surface area contributed by atoms with Gasteiger partial charge in [-0.15, -0.1) is 0 Å². The molecule has 3 aromatic rings. The zero-order valence-corrected chi connectivity index (χ0v) is 15.6. The lowest BCUT2D eigenvalue weighted by Gasteiger charge is -2.15. The maximum absolute atomic E-state index is 12.4. The number of hydrogen-bond acceptors (Lipinski definition) is 5. The predicted octanol–water partition coefficient (Wildman–Crippen LogP) is 5.13. The summed E-state index contributed by atoms with van der Waals surface area (Å²) in [5, 5.41) is 4.65. The van der Waals surface area contributed by atoms with E-state index in [9.17, 15) is 4.79 Å². The van der Waals surface area contributed by atoms with E-state index in [4.69, 9.17) is 21.1 Å². The number of nitrogens with zero attached hydrogens (tertiary/aromatic N) is 1. The number of benzene rings is 2. The van der Waals surface area contributed by atoms with Crippen LogP contribution >= 0.6 is 11.6 Å². The van der Waals surface area contributed by atoms with Gasteiger partial charge in [0.1, 0.15) is 11.3 Å². The zero-order chi connectivity index (χ0) is 18.7. The van der Waals surface area contributed by atoms with E-state index in [1.807, 2.05) is 37.3 Å². The average Bonchev–Trinajstić information content (AvgIpc) is 2.63. The van der Waals surface area contributed by atoms with Crippen LogP contribution in [0.15, 0.2) is 42.6 Å². The Labute approximate surface area is 156 Å². The van der Waals surface area contributed by atoms with Gasteiger partial charge in [-0.1, -0.05) is 11.6 Å². The molecule has 0 aliphatic rings. The predicted molar refractivity (Wildman–Crippen MR) is 104 cm³/mol. The van der Waals surface area contributed by atoms with E-state index in [-0.39, 0.29) is 6.61 Å². The second-order valence-corrected chi connectivity index (χ2v) is 6.18. The molecule has 3 rings (SSSR count). The van der Waals surface area contributed by atoms with Crippen LogP contribution in [0.1, 0.15) is 22.8 Å². The number of hydrogen-bond donors (Lipinski definition) is 1. The van der Waals surface area contributed by atoms with Gasteiger partial charge in [0.15, 0.2) is 0 Å². The average molecular weight is 371 g/mol. The molecule has 0 atom stereocenters. The number of anilines is 2. The molecule has 2 aromatic carbocycles. The first-order valence-corrected chi connectivity index (χ1v) is 8.58. The molecule has 0 spiro atoms. The van der Waals surface area contributed by atoms with Gasteiger partial charge >= 0.3 is 5.97 Å².